The minimum absolute atomic E-state index is 0.0312. The summed E-state index contributed by atoms with van der Waals surface area (Å²) in [6.45, 7) is -0.229. The van der Waals surface area contributed by atoms with E-state index in [0.29, 0.717) is 18.9 Å². The van der Waals surface area contributed by atoms with Crippen LogP contribution in [0.4, 0.5) is 15.8 Å². The maximum Gasteiger partial charge on any atom is 0.286 e. The second kappa shape index (κ2) is 8.86. The summed E-state index contributed by atoms with van der Waals surface area (Å²) in [5.41, 5.74) is 5.27. The number of primary amides is 1. The van der Waals surface area contributed by atoms with Crippen molar-refractivity contribution in [2.75, 3.05) is 23.4 Å². The van der Waals surface area contributed by atoms with E-state index >= 15 is 0 Å². The van der Waals surface area contributed by atoms with E-state index < -0.39 is 51.8 Å². The van der Waals surface area contributed by atoms with Crippen LogP contribution in [0.3, 0.4) is 0 Å². The van der Waals surface area contributed by atoms with E-state index in [-0.39, 0.29) is 32.6 Å². The number of amides is 2. The molecule has 2 heterocycles. The Balaban J connectivity index is 1.53. The van der Waals surface area contributed by atoms with Crippen LogP contribution in [0.5, 0.6) is 5.75 Å². The van der Waals surface area contributed by atoms with Crippen molar-refractivity contribution in [1.29, 1.82) is 0 Å². The van der Waals surface area contributed by atoms with Crippen LogP contribution in [0.25, 0.3) is 0 Å². The van der Waals surface area contributed by atoms with E-state index in [2.05, 4.69) is 9.71 Å². The standard InChI is InChI=1S/C23H20ClFN4O6S/c24-14-8-15-18(9-17(14)35-10-19(26)30)36(33,34)28-22(27-15)20-21(31)13-7-12(25)3-4-16(13)29(23(20)32)6-5-11-1-2-11/h3-4,7-9,11,20H,1-2,5-6,10H2,(H2,26,30)(H,27,28). The predicted molar refractivity (Wildman–Crippen MR) is 128 cm³/mol. The Kier molecular flexibility index (Phi) is 5.95. The summed E-state index contributed by atoms with van der Waals surface area (Å²) in [6.07, 6.45) is 2.81. The molecule has 0 aromatic heterocycles. The number of amidine groups is 1. The molecule has 36 heavy (non-hydrogen) atoms. The number of ether oxygens (including phenoxy) is 1. The Bertz CT molecular complexity index is 1460. The van der Waals surface area contributed by atoms with Crippen LogP contribution < -0.4 is 20.7 Å². The van der Waals surface area contributed by atoms with Crippen molar-refractivity contribution in [3.05, 3.63) is 46.7 Å². The molecule has 2 aromatic carbocycles. The van der Waals surface area contributed by atoms with Gasteiger partial charge in [-0.25, -0.2) is 4.39 Å². The summed E-state index contributed by atoms with van der Waals surface area (Å²) < 4.78 is 49.0. The van der Waals surface area contributed by atoms with Gasteiger partial charge in [-0.15, -0.1) is 4.40 Å². The lowest BCUT2D eigenvalue weighted by Gasteiger charge is -2.34. The van der Waals surface area contributed by atoms with Gasteiger partial charge in [0.1, 0.15) is 22.3 Å². The average molecular weight is 535 g/mol. The molecule has 2 aromatic rings. The maximum absolute atomic E-state index is 14.0. The van der Waals surface area contributed by atoms with Crippen molar-refractivity contribution in [2.45, 2.75) is 24.2 Å². The monoisotopic (exact) mass is 534 g/mol. The van der Waals surface area contributed by atoms with Crippen molar-refractivity contribution < 1.29 is 31.9 Å². The number of fused-ring (bicyclic) bond motifs is 2. The van der Waals surface area contributed by atoms with E-state index in [1.54, 1.807) is 0 Å². The number of halogens is 2. The predicted octanol–water partition coefficient (Wildman–Crippen LogP) is 2.50. The highest BCUT2D eigenvalue weighted by atomic mass is 35.5. The molecule has 1 atom stereocenters. The number of carbonyl (C=O) groups excluding carboxylic acids is 3. The van der Waals surface area contributed by atoms with Crippen LogP contribution in [0.2, 0.25) is 5.02 Å². The quantitative estimate of drug-likeness (QED) is 0.518. The number of Topliss-reactive ketones (excluding diaryl/α,β-unsaturated/α-hetero) is 1. The zero-order chi connectivity index (χ0) is 25.8. The Labute approximate surface area is 210 Å². The van der Waals surface area contributed by atoms with Crippen LogP contribution in [0, 0.1) is 17.7 Å². The Morgan fingerprint density at radius 1 is 1.25 bits per heavy atom. The summed E-state index contributed by atoms with van der Waals surface area (Å²) in [5.74, 6) is -4.54. The number of carbonyl (C=O) groups is 3. The molecule has 1 saturated carbocycles. The van der Waals surface area contributed by atoms with Gasteiger partial charge in [0.05, 0.1) is 16.4 Å². The topological polar surface area (TPSA) is 148 Å². The van der Waals surface area contributed by atoms with Crippen LogP contribution in [-0.2, 0) is 19.6 Å². The van der Waals surface area contributed by atoms with E-state index in [4.69, 9.17) is 22.1 Å². The highest BCUT2D eigenvalue weighted by molar-refractivity contribution is 7.90. The van der Waals surface area contributed by atoms with Crippen LogP contribution >= 0.6 is 11.6 Å². The van der Waals surface area contributed by atoms with E-state index in [1.165, 1.54) is 23.1 Å². The molecular weight excluding hydrogens is 515 g/mol. The molecule has 0 radical (unpaired) electrons. The van der Waals surface area contributed by atoms with Crippen molar-refractivity contribution in [2.24, 2.45) is 22.0 Å². The van der Waals surface area contributed by atoms with Crippen molar-refractivity contribution in [3.8, 4) is 5.75 Å². The van der Waals surface area contributed by atoms with Gasteiger partial charge in [-0.1, -0.05) is 24.4 Å². The molecule has 0 saturated heterocycles. The molecule has 13 heteroatoms. The van der Waals surface area contributed by atoms with E-state index in [0.717, 1.165) is 25.0 Å². The molecule has 1 fully saturated rings. The second-order valence-electron chi connectivity index (χ2n) is 8.79. The number of nitrogens with two attached hydrogens (primary N) is 1. The maximum atomic E-state index is 14.0. The zero-order valence-corrected chi connectivity index (χ0v) is 20.2. The number of sulfonamides is 1. The number of ketones is 1. The largest absolute Gasteiger partial charge is 0.482 e. The summed E-state index contributed by atoms with van der Waals surface area (Å²) in [6, 6.07) is 5.86. The van der Waals surface area contributed by atoms with Gasteiger partial charge in [0, 0.05) is 18.2 Å². The van der Waals surface area contributed by atoms with Crippen LogP contribution in [0.15, 0.2) is 39.6 Å². The zero-order valence-electron chi connectivity index (χ0n) is 18.7. The summed E-state index contributed by atoms with van der Waals surface area (Å²) >= 11 is 6.18. The van der Waals surface area contributed by atoms with E-state index in [9.17, 15) is 27.2 Å². The average Bonchev–Trinajstić information content (AvgIpc) is 3.62. The first kappa shape index (κ1) is 24.2. The fraction of sp³-hybridized carbons (Fsp3) is 0.304. The molecule has 0 bridgehead atoms. The Morgan fingerprint density at radius 2 is 2.00 bits per heavy atom. The number of hydrogen-bond donors (Lipinski definition) is 2. The van der Waals surface area contributed by atoms with Crippen molar-refractivity contribution in [3.63, 3.8) is 0 Å². The molecule has 3 N–H and O–H groups in total. The molecule has 1 unspecified atom stereocenters. The lowest BCUT2D eigenvalue weighted by molar-refractivity contribution is -0.120. The molecule has 1 aliphatic carbocycles. The lowest BCUT2D eigenvalue weighted by Crippen LogP contribution is -2.50. The van der Waals surface area contributed by atoms with Gasteiger partial charge < -0.3 is 20.7 Å². The summed E-state index contributed by atoms with van der Waals surface area (Å²) in [7, 11) is -4.41. The molecule has 5 rings (SSSR count). The van der Waals surface area contributed by atoms with Gasteiger partial charge >= 0.3 is 0 Å². The number of rotatable bonds is 7. The van der Waals surface area contributed by atoms with Gasteiger partial charge in [-0.3, -0.25) is 14.4 Å². The number of nitrogens with zero attached hydrogens (tertiary/aromatic N) is 2. The number of anilines is 2. The molecule has 0 spiro atoms. The van der Waals surface area contributed by atoms with Crippen molar-refractivity contribution in [1.82, 2.24) is 0 Å². The molecule has 2 amide bonds. The summed E-state index contributed by atoms with van der Waals surface area (Å²) in [4.78, 5) is 38.9. The smallest absolute Gasteiger partial charge is 0.286 e. The molecule has 10 nitrogen and oxygen atoms in total. The third kappa shape index (κ3) is 4.42. The van der Waals surface area contributed by atoms with Gasteiger partial charge in [-0.2, -0.15) is 8.42 Å². The van der Waals surface area contributed by atoms with Gasteiger partial charge in [0.25, 0.3) is 15.9 Å². The SMILES string of the molecule is NC(=O)COc1cc2c(cc1Cl)NC(C1C(=O)c3cc(F)ccc3N(CCC3CC3)C1=O)=NS2(=O)=O. The first-order valence-electron chi connectivity index (χ1n) is 11.1. The minimum Gasteiger partial charge on any atom is -0.482 e. The summed E-state index contributed by atoms with van der Waals surface area (Å²) in [5, 5.41) is 2.69. The van der Waals surface area contributed by atoms with Crippen LogP contribution in [0.1, 0.15) is 29.6 Å². The third-order valence-corrected chi connectivity index (χ3v) is 7.81. The van der Waals surface area contributed by atoms with Crippen molar-refractivity contribution >= 4 is 56.4 Å². The fourth-order valence-electron chi connectivity index (χ4n) is 4.24. The highest BCUT2D eigenvalue weighted by Crippen LogP contribution is 2.40. The normalized spacial score (nSPS) is 20.2. The molecule has 3 aliphatic rings. The fourth-order valence-corrected chi connectivity index (χ4v) is 5.61. The van der Waals surface area contributed by atoms with Gasteiger partial charge in [0.2, 0.25) is 5.91 Å². The molecule has 188 valence electrons. The highest BCUT2D eigenvalue weighted by Gasteiger charge is 2.45. The Hall–Kier alpha value is -3.51. The Morgan fingerprint density at radius 3 is 2.69 bits per heavy atom. The van der Waals surface area contributed by atoms with Gasteiger partial charge in [0.15, 0.2) is 18.3 Å². The third-order valence-electron chi connectivity index (χ3n) is 6.18. The van der Waals surface area contributed by atoms with Crippen LogP contribution in [-0.4, -0.2) is 45.0 Å². The second-order valence-corrected chi connectivity index (χ2v) is 10.8. The molecule has 2 aliphatic heterocycles. The number of hydrogen-bond acceptors (Lipinski definition) is 7. The van der Waals surface area contributed by atoms with E-state index in [1.807, 2.05) is 0 Å². The number of nitrogens with one attached hydrogen (secondary N) is 1. The van der Waals surface area contributed by atoms with Gasteiger partial charge in [-0.05, 0) is 36.6 Å². The molecular formula is C23H20ClFN4O6S. The minimum atomic E-state index is -4.41. The lowest BCUT2D eigenvalue weighted by atomic mass is 9.88. The first-order valence-corrected chi connectivity index (χ1v) is 12.9. The first-order chi connectivity index (χ1) is 17.0. The number of benzene rings is 2.